The summed E-state index contributed by atoms with van der Waals surface area (Å²) in [5, 5.41) is 0. The van der Waals surface area contributed by atoms with Crippen LogP contribution in [-0.2, 0) is 4.74 Å². The number of hydrogen-bond acceptors (Lipinski definition) is 2. The molecule has 3 heteroatoms. The molecule has 0 unspecified atom stereocenters. The first kappa shape index (κ1) is 18.5. The van der Waals surface area contributed by atoms with Crippen LogP contribution >= 0.6 is 11.6 Å². The minimum atomic E-state index is -0.687. The van der Waals surface area contributed by atoms with Gasteiger partial charge < -0.3 is 4.74 Å². The van der Waals surface area contributed by atoms with Gasteiger partial charge in [0.1, 0.15) is 0 Å². The zero-order valence-corrected chi connectivity index (χ0v) is 12.9. The van der Waals surface area contributed by atoms with E-state index in [1.54, 1.807) is 0 Å². The molecule has 112 valence electrons. The van der Waals surface area contributed by atoms with Gasteiger partial charge in [0.05, 0.1) is 6.61 Å². The number of carbonyl (C=O) groups is 1. The molecule has 0 heterocycles. The first-order valence-corrected chi connectivity index (χ1v) is 8.08. The Hall–Kier alpha value is -0.500. The second-order valence-corrected chi connectivity index (χ2v) is 5.36. The van der Waals surface area contributed by atoms with E-state index in [1.807, 2.05) is 6.08 Å². The van der Waals surface area contributed by atoms with Crippen molar-refractivity contribution < 1.29 is 9.53 Å². The molecular weight excluding hydrogens is 260 g/mol. The van der Waals surface area contributed by atoms with Crippen molar-refractivity contribution in [3.05, 3.63) is 12.7 Å². The number of allylic oxidation sites excluding steroid dienone is 1. The quantitative estimate of drug-likeness (QED) is 0.215. The largest absolute Gasteiger partial charge is 0.454 e. The lowest BCUT2D eigenvalue weighted by Gasteiger charge is -2.03. The van der Waals surface area contributed by atoms with E-state index in [0.29, 0.717) is 6.61 Å². The summed E-state index contributed by atoms with van der Waals surface area (Å²) < 4.78 is 4.66. The number of halogens is 1. The molecule has 19 heavy (non-hydrogen) atoms. The van der Waals surface area contributed by atoms with Crippen molar-refractivity contribution in [1.82, 2.24) is 0 Å². The maximum absolute atomic E-state index is 10.3. The summed E-state index contributed by atoms with van der Waals surface area (Å²) in [6.45, 7) is 4.20. The standard InChI is InChI=1S/C16H29ClO2/c1-2-3-4-5-6-7-8-9-10-11-12-13-14-15-19-16(17)18/h2H,1,3-15H2. The summed E-state index contributed by atoms with van der Waals surface area (Å²) in [6.07, 6.45) is 17.2. The van der Waals surface area contributed by atoms with Gasteiger partial charge in [-0.1, -0.05) is 63.9 Å². The molecule has 0 saturated carbocycles. The number of unbranched alkanes of at least 4 members (excludes halogenated alkanes) is 11. The molecule has 0 rings (SSSR count). The normalized spacial score (nSPS) is 10.4. The van der Waals surface area contributed by atoms with Crippen LogP contribution in [0.5, 0.6) is 0 Å². The van der Waals surface area contributed by atoms with Gasteiger partial charge in [0.15, 0.2) is 0 Å². The van der Waals surface area contributed by atoms with E-state index in [-0.39, 0.29) is 0 Å². The van der Waals surface area contributed by atoms with Crippen molar-refractivity contribution in [1.29, 1.82) is 0 Å². The van der Waals surface area contributed by atoms with Gasteiger partial charge in [-0.15, -0.1) is 6.58 Å². The monoisotopic (exact) mass is 288 g/mol. The van der Waals surface area contributed by atoms with Crippen LogP contribution in [0.2, 0.25) is 0 Å². The highest BCUT2D eigenvalue weighted by Crippen LogP contribution is 2.12. The van der Waals surface area contributed by atoms with E-state index in [9.17, 15) is 4.79 Å². The maximum Gasteiger partial charge on any atom is 0.403 e. The van der Waals surface area contributed by atoms with E-state index >= 15 is 0 Å². The summed E-state index contributed by atoms with van der Waals surface area (Å²) in [5.74, 6) is 0. The molecule has 0 aliphatic heterocycles. The third-order valence-corrected chi connectivity index (χ3v) is 3.38. The van der Waals surface area contributed by atoms with Crippen LogP contribution < -0.4 is 0 Å². The molecule has 0 atom stereocenters. The number of carbonyl (C=O) groups excluding carboxylic acids is 1. The highest BCUT2D eigenvalue weighted by molar-refractivity contribution is 6.61. The molecule has 0 aromatic heterocycles. The molecule has 2 nitrogen and oxygen atoms in total. The van der Waals surface area contributed by atoms with Crippen molar-refractivity contribution in [3.8, 4) is 0 Å². The number of rotatable bonds is 14. The Labute approximate surface area is 123 Å². The summed E-state index contributed by atoms with van der Waals surface area (Å²) >= 11 is 5.06. The topological polar surface area (TPSA) is 26.3 Å². The van der Waals surface area contributed by atoms with E-state index in [1.165, 1.54) is 64.2 Å². The van der Waals surface area contributed by atoms with Crippen LogP contribution in [0, 0.1) is 0 Å². The van der Waals surface area contributed by atoms with Gasteiger partial charge in [0.2, 0.25) is 0 Å². The van der Waals surface area contributed by atoms with E-state index in [4.69, 9.17) is 11.6 Å². The summed E-state index contributed by atoms with van der Waals surface area (Å²) in [4.78, 5) is 10.3. The van der Waals surface area contributed by atoms with Crippen molar-refractivity contribution >= 4 is 17.0 Å². The summed E-state index contributed by atoms with van der Waals surface area (Å²) in [6, 6.07) is 0. The molecule has 0 aliphatic carbocycles. The number of hydrogen-bond donors (Lipinski definition) is 0. The zero-order chi connectivity index (χ0) is 14.2. The van der Waals surface area contributed by atoms with Crippen molar-refractivity contribution in [3.63, 3.8) is 0 Å². The lowest BCUT2D eigenvalue weighted by molar-refractivity contribution is 0.170. The van der Waals surface area contributed by atoms with Gasteiger partial charge in [-0.2, -0.15) is 0 Å². The molecule has 0 saturated heterocycles. The first-order chi connectivity index (χ1) is 9.27. The maximum atomic E-state index is 10.3. The van der Waals surface area contributed by atoms with Gasteiger partial charge in [-0.3, -0.25) is 0 Å². The molecule has 0 radical (unpaired) electrons. The Balaban J connectivity index is 2.95. The average molecular weight is 289 g/mol. The molecule has 0 aromatic carbocycles. The summed E-state index contributed by atoms with van der Waals surface area (Å²) in [7, 11) is 0. The Morgan fingerprint density at radius 1 is 0.842 bits per heavy atom. The zero-order valence-electron chi connectivity index (χ0n) is 12.2. The van der Waals surface area contributed by atoms with E-state index in [0.717, 1.165) is 12.8 Å². The van der Waals surface area contributed by atoms with Gasteiger partial charge in [0.25, 0.3) is 0 Å². The second-order valence-electron chi connectivity index (χ2n) is 5.05. The third kappa shape index (κ3) is 17.5. The fourth-order valence-electron chi connectivity index (χ4n) is 2.13. The van der Waals surface area contributed by atoms with Crippen molar-refractivity contribution in [2.24, 2.45) is 0 Å². The molecule has 0 N–H and O–H groups in total. The van der Waals surface area contributed by atoms with Gasteiger partial charge in [0, 0.05) is 11.6 Å². The van der Waals surface area contributed by atoms with Crippen LogP contribution in [0.4, 0.5) is 4.79 Å². The SMILES string of the molecule is C=CCCCCCCCCCCCCCOC(=O)Cl. The van der Waals surface area contributed by atoms with Crippen LogP contribution in [0.25, 0.3) is 0 Å². The highest BCUT2D eigenvalue weighted by atomic mass is 35.5. The smallest absolute Gasteiger partial charge is 0.403 e. The van der Waals surface area contributed by atoms with Crippen LogP contribution in [-0.4, -0.2) is 12.0 Å². The van der Waals surface area contributed by atoms with Gasteiger partial charge in [-0.05, 0) is 19.3 Å². The molecule has 0 spiro atoms. The summed E-state index contributed by atoms with van der Waals surface area (Å²) in [5.41, 5.74) is -0.687. The Kier molecular flexibility index (Phi) is 15.1. The predicted molar refractivity (Wildman–Crippen MR) is 82.8 cm³/mol. The third-order valence-electron chi connectivity index (χ3n) is 3.27. The minimum Gasteiger partial charge on any atom is -0.454 e. The molecule has 0 fully saturated rings. The number of ether oxygens (including phenoxy) is 1. The second kappa shape index (κ2) is 15.6. The molecule has 0 amide bonds. The fourth-order valence-corrected chi connectivity index (χ4v) is 2.21. The molecule has 0 aliphatic rings. The van der Waals surface area contributed by atoms with Gasteiger partial charge >= 0.3 is 5.43 Å². The Bertz CT molecular complexity index is 217. The Morgan fingerprint density at radius 3 is 1.68 bits per heavy atom. The Morgan fingerprint density at radius 2 is 1.26 bits per heavy atom. The fraction of sp³-hybridized carbons (Fsp3) is 0.812. The highest BCUT2D eigenvalue weighted by Gasteiger charge is 1.96. The van der Waals surface area contributed by atoms with E-state index in [2.05, 4.69) is 11.3 Å². The van der Waals surface area contributed by atoms with Crippen LogP contribution in [0.3, 0.4) is 0 Å². The first-order valence-electron chi connectivity index (χ1n) is 7.70. The average Bonchev–Trinajstić information content (AvgIpc) is 2.39. The lowest BCUT2D eigenvalue weighted by Crippen LogP contribution is -1.96. The van der Waals surface area contributed by atoms with Crippen LogP contribution in [0.15, 0.2) is 12.7 Å². The predicted octanol–water partition coefficient (Wildman–Crippen LogP) is 6.23. The lowest BCUT2D eigenvalue weighted by atomic mass is 10.1. The van der Waals surface area contributed by atoms with Crippen molar-refractivity contribution in [2.75, 3.05) is 6.61 Å². The van der Waals surface area contributed by atoms with E-state index < -0.39 is 5.43 Å². The molecule has 0 aromatic rings. The molecular formula is C16H29ClO2. The minimum absolute atomic E-state index is 0.465. The van der Waals surface area contributed by atoms with Crippen molar-refractivity contribution in [2.45, 2.75) is 77.0 Å². The van der Waals surface area contributed by atoms with Gasteiger partial charge in [-0.25, -0.2) is 4.79 Å². The van der Waals surface area contributed by atoms with Crippen LogP contribution in [0.1, 0.15) is 77.0 Å². The molecule has 0 bridgehead atoms.